The normalized spacial score (nSPS) is 18.2. The Hall–Kier alpha value is -0.780. The van der Waals surface area contributed by atoms with Crippen LogP contribution in [0.4, 0.5) is 13.2 Å². The molecule has 0 aliphatic heterocycles. The predicted octanol–water partition coefficient (Wildman–Crippen LogP) is 3.28. The Balaban J connectivity index is 2.47. The molecule has 1 aliphatic rings. The molecular weight excluding hydrogens is 255 g/mol. The monoisotopic (exact) mass is 265 g/mol. The highest BCUT2D eigenvalue weighted by molar-refractivity contribution is 6.30. The summed E-state index contributed by atoms with van der Waals surface area (Å²) in [6, 6.07) is 3.83. The number of hydrogen-bond donors (Lipinski definition) is 1. The molecule has 0 spiro atoms. The summed E-state index contributed by atoms with van der Waals surface area (Å²) in [6.45, 7) is 0.0950. The second-order valence-electron chi connectivity index (χ2n) is 4.28. The van der Waals surface area contributed by atoms with E-state index in [4.69, 9.17) is 17.5 Å². The van der Waals surface area contributed by atoms with E-state index in [1.807, 2.05) is 0 Å². The van der Waals surface area contributed by atoms with Crippen molar-refractivity contribution in [1.29, 1.82) is 0 Å². The van der Waals surface area contributed by atoms with Gasteiger partial charge in [0.05, 0.1) is 12.2 Å². The van der Waals surface area contributed by atoms with Crippen molar-refractivity contribution >= 4 is 11.6 Å². The van der Waals surface area contributed by atoms with Crippen LogP contribution in [0.3, 0.4) is 0 Å². The zero-order valence-corrected chi connectivity index (χ0v) is 9.61. The van der Waals surface area contributed by atoms with Crippen molar-refractivity contribution in [2.24, 2.45) is 5.90 Å². The van der Waals surface area contributed by atoms with Crippen LogP contribution in [0.15, 0.2) is 18.2 Å². The first-order valence-electron chi connectivity index (χ1n) is 5.08. The van der Waals surface area contributed by atoms with E-state index < -0.39 is 17.2 Å². The quantitative estimate of drug-likeness (QED) is 0.851. The molecule has 0 saturated heterocycles. The maximum Gasteiger partial charge on any atom is 0.416 e. The van der Waals surface area contributed by atoms with Crippen LogP contribution in [-0.4, -0.2) is 6.61 Å². The van der Waals surface area contributed by atoms with E-state index in [0.29, 0.717) is 12.8 Å². The van der Waals surface area contributed by atoms with Crippen molar-refractivity contribution < 1.29 is 18.0 Å². The zero-order valence-electron chi connectivity index (χ0n) is 8.85. The van der Waals surface area contributed by atoms with Gasteiger partial charge in [-0.1, -0.05) is 17.7 Å². The topological polar surface area (TPSA) is 35.2 Å². The molecule has 0 amide bonds. The molecule has 2 rings (SSSR count). The largest absolute Gasteiger partial charge is 0.416 e. The highest BCUT2D eigenvalue weighted by Crippen LogP contribution is 2.52. The minimum absolute atomic E-state index is 0.0746. The lowest BCUT2D eigenvalue weighted by molar-refractivity contribution is -0.138. The molecule has 1 saturated carbocycles. The minimum Gasteiger partial charge on any atom is -0.304 e. The van der Waals surface area contributed by atoms with Gasteiger partial charge in [-0.25, -0.2) is 5.90 Å². The van der Waals surface area contributed by atoms with Crippen LogP contribution < -0.4 is 5.90 Å². The SMILES string of the molecule is NOCC1(c2ccc(Cl)cc2C(F)(F)F)CC1. The van der Waals surface area contributed by atoms with Gasteiger partial charge < -0.3 is 4.84 Å². The van der Waals surface area contributed by atoms with E-state index in [1.165, 1.54) is 12.1 Å². The first-order chi connectivity index (χ1) is 7.89. The van der Waals surface area contributed by atoms with Gasteiger partial charge in [0.15, 0.2) is 0 Å². The third-order valence-electron chi connectivity index (χ3n) is 3.07. The smallest absolute Gasteiger partial charge is 0.304 e. The van der Waals surface area contributed by atoms with Gasteiger partial charge in [0.2, 0.25) is 0 Å². The molecule has 94 valence electrons. The van der Waals surface area contributed by atoms with Crippen molar-refractivity contribution in [3.63, 3.8) is 0 Å². The summed E-state index contributed by atoms with van der Waals surface area (Å²) in [5, 5.41) is 0.0746. The van der Waals surface area contributed by atoms with E-state index in [0.717, 1.165) is 6.07 Å². The lowest BCUT2D eigenvalue weighted by Crippen LogP contribution is -2.22. The van der Waals surface area contributed by atoms with Crippen LogP contribution in [0, 0.1) is 0 Å². The highest BCUT2D eigenvalue weighted by Gasteiger charge is 2.49. The average Bonchev–Trinajstić information content (AvgIpc) is 2.98. The zero-order chi connectivity index (χ0) is 12.7. The molecule has 2 N–H and O–H groups in total. The summed E-state index contributed by atoms with van der Waals surface area (Å²) in [6.07, 6.45) is -3.12. The first-order valence-corrected chi connectivity index (χ1v) is 5.46. The Morgan fingerprint density at radius 3 is 2.47 bits per heavy atom. The molecule has 0 unspecified atom stereocenters. The maximum atomic E-state index is 12.9. The summed E-state index contributed by atoms with van der Waals surface area (Å²) in [5.74, 6) is 4.97. The van der Waals surface area contributed by atoms with Gasteiger partial charge in [0.1, 0.15) is 0 Å². The number of rotatable bonds is 3. The van der Waals surface area contributed by atoms with Crippen molar-refractivity contribution in [2.75, 3.05) is 6.61 Å². The third-order valence-corrected chi connectivity index (χ3v) is 3.31. The van der Waals surface area contributed by atoms with Crippen LogP contribution in [0.25, 0.3) is 0 Å². The van der Waals surface area contributed by atoms with Crippen LogP contribution >= 0.6 is 11.6 Å². The second kappa shape index (κ2) is 4.15. The lowest BCUT2D eigenvalue weighted by atomic mass is 9.92. The van der Waals surface area contributed by atoms with Crippen LogP contribution in [0.1, 0.15) is 24.0 Å². The van der Waals surface area contributed by atoms with E-state index in [2.05, 4.69) is 4.84 Å². The van der Waals surface area contributed by atoms with Crippen molar-refractivity contribution in [2.45, 2.75) is 24.4 Å². The second-order valence-corrected chi connectivity index (χ2v) is 4.72. The highest BCUT2D eigenvalue weighted by atomic mass is 35.5. The van der Waals surface area contributed by atoms with Gasteiger partial charge in [-0.2, -0.15) is 13.2 Å². The number of benzene rings is 1. The molecular formula is C11H11ClF3NO. The summed E-state index contributed by atoms with van der Waals surface area (Å²) < 4.78 is 38.7. The summed E-state index contributed by atoms with van der Waals surface area (Å²) in [4.78, 5) is 4.52. The van der Waals surface area contributed by atoms with E-state index in [9.17, 15) is 13.2 Å². The fraction of sp³-hybridized carbons (Fsp3) is 0.455. The molecule has 2 nitrogen and oxygen atoms in total. The van der Waals surface area contributed by atoms with E-state index in [1.54, 1.807) is 0 Å². The Bertz CT molecular complexity index is 429. The number of nitrogens with two attached hydrogens (primary N) is 1. The van der Waals surface area contributed by atoms with Gasteiger partial charge in [-0.05, 0) is 30.5 Å². The standard InChI is InChI=1S/C11H11ClF3NO/c12-7-1-2-8(9(5-7)11(13,14)15)10(3-4-10)6-17-16/h1-2,5H,3-4,6,16H2. The third kappa shape index (κ3) is 2.41. The minimum atomic E-state index is -4.41. The maximum absolute atomic E-state index is 12.9. The molecule has 6 heteroatoms. The van der Waals surface area contributed by atoms with E-state index in [-0.39, 0.29) is 17.2 Å². The average molecular weight is 266 g/mol. The van der Waals surface area contributed by atoms with Gasteiger partial charge in [-0.3, -0.25) is 0 Å². The fourth-order valence-corrected chi connectivity index (χ4v) is 2.19. The molecule has 0 atom stereocenters. The molecule has 1 fully saturated rings. The van der Waals surface area contributed by atoms with Gasteiger partial charge in [0, 0.05) is 10.4 Å². The van der Waals surface area contributed by atoms with Crippen LogP contribution in [0.2, 0.25) is 5.02 Å². The molecule has 0 radical (unpaired) electrons. The molecule has 1 aromatic carbocycles. The Morgan fingerprint density at radius 2 is 2.00 bits per heavy atom. The first kappa shape index (κ1) is 12.7. The summed E-state index contributed by atoms with van der Waals surface area (Å²) in [5.41, 5.74) is -1.07. The van der Waals surface area contributed by atoms with Gasteiger partial charge in [0.25, 0.3) is 0 Å². The lowest BCUT2D eigenvalue weighted by Gasteiger charge is -2.20. The van der Waals surface area contributed by atoms with E-state index >= 15 is 0 Å². The van der Waals surface area contributed by atoms with Crippen LogP contribution in [-0.2, 0) is 16.4 Å². The molecule has 17 heavy (non-hydrogen) atoms. The van der Waals surface area contributed by atoms with Crippen LogP contribution in [0.5, 0.6) is 0 Å². The van der Waals surface area contributed by atoms with Gasteiger partial charge >= 0.3 is 6.18 Å². The summed E-state index contributed by atoms with van der Waals surface area (Å²) in [7, 11) is 0. The number of halogens is 4. The molecule has 0 bridgehead atoms. The molecule has 1 aromatic rings. The Labute approximate surface area is 101 Å². The van der Waals surface area contributed by atoms with Crippen molar-refractivity contribution in [1.82, 2.24) is 0 Å². The van der Waals surface area contributed by atoms with Crippen molar-refractivity contribution in [3.8, 4) is 0 Å². The summed E-state index contributed by atoms with van der Waals surface area (Å²) >= 11 is 5.61. The Kier molecular flexibility index (Phi) is 3.10. The Morgan fingerprint density at radius 1 is 1.35 bits per heavy atom. The molecule has 0 aromatic heterocycles. The number of hydrogen-bond acceptors (Lipinski definition) is 2. The predicted molar refractivity (Wildman–Crippen MR) is 57.5 cm³/mol. The fourth-order valence-electron chi connectivity index (χ4n) is 2.02. The molecule has 0 heterocycles. The van der Waals surface area contributed by atoms with Gasteiger partial charge in [-0.15, -0.1) is 0 Å². The number of alkyl halides is 3. The van der Waals surface area contributed by atoms with Crippen molar-refractivity contribution in [3.05, 3.63) is 34.3 Å². The molecule has 1 aliphatic carbocycles.